The van der Waals surface area contributed by atoms with E-state index in [-0.39, 0.29) is 5.41 Å². The first-order valence-corrected chi connectivity index (χ1v) is 8.27. The topological polar surface area (TPSA) is 26.0 Å². The van der Waals surface area contributed by atoms with E-state index in [2.05, 4.69) is 59.9 Å². The largest absolute Gasteiger partial charge is 0.327 e. The molecular weight excluding hydrogens is 266 g/mol. The van der Waals surface area contributed by atoms with Crippen LogP contribution < -0.4 is 5.73 Å². The van der Waals surface area contributed by atoms with Crippen LogP contribution in [-0.2, 0) is 0 Å². The molecule has 22 heavy (non-hydrogen) atoms. The van der Waals surface area contributed by atoms with E-state index in [1.54, 1.807) is 0 Å². The first-order valence-electron chi connectivity index (χ1n) is 8.27. The Morgan fingerprint density at radius 3 is 2.32 bits per heavy atom. The second-order valence-electron chi connectivity index (χ2n) is 7.10. The normalized spacial score (nSPS) is 15.6. The van der Waals surface area contributed by atoms with Crippen LogP contribution in [0.3, 0.4) is 0 Å². The molecule has 0 heterocycles. The van der Waals surface area contributed by atoms with Gasteiger partial charge in [0.25, 0.3) is 0 Å². The molecule has 0 aromatic heterocycles. The Labute approximate surface area is 138 Å². The van der Waals surface area contributed by atoms with Crippen LogP contribution in [0.4, 0.5) is 0 Å². The Hall–Kier alpha value is -1.34. The van der Waals surface area contributed by atoms with Crippen LogP contribution in [0.2, 0.25) is 0 Å². The lowest BCUT2D eigenvalue weighted by molar-refractivity contribution is 0.494. The molecule has 0 aliphatic heterocycles. The van der Waals surface area contributed by atoms with E-state index in [0.29, 0.717) is 12.5 Å². The molecule has 0 radical (unpaired) electrons. The van der Waals surface area contributed by atoms with Gasteiger partial charge in [-0.1, -0.05) is 82.4 Å². The summed E-state index contributed by atoms with van der Waals surface area (Å²) in [7, 11) is 0. The highest BCUT2D eigenvalue weighted by molar-refractivity contribution is 5.33. The van der Waals surface area contributed by atoms with E-state index in [0.717, 1.165) is 19.3 Å². The summed E-state index contributed by atoms with van der Waals surface area (Å²) in [5.74, 6) is 0.654. The zero-order valence-electron chi connectivity index (χ0n) is 15.3. The lowest BCUT2D eigenvalue weighted by Crippen LogP contribution is -2.16. The van der Waals surface area contributed by atoms with E-state index < -0.39 is 0 Å². The highest BCUT2D eigenvalue weighted by Gasteiger charge is 2.18. The fourth-order valence-electron chi connectivity index (χ4n) is 2.42. The third kappa shape index (κ3) is 8.19. The van der Waals surface area contributed by atoms with Crippen LogP contribution in [0.15, 0.2) is 60.3 Å². The fourth-order valence-corrected chi connectivity index (χ4v) is 2.42. The van der Waals surface area contributed by atoms with Gasteiger partial charge in [-0.2, -0.15) is 0 Å². The van der Waals surface area contributed by atoms with Crippen molar-refractivity contribution in [2.24, 2.45) is 17.1 Å². The predicted octanol–water partition coefficient (Wildman–Crippen LogP) is 5.97. The van der Waals surface area contributed by atoms with Crippen molar-refractivity contribution in [1.82, 2.24) is 0 Å². The van der Waals surface area contributed by atoms with Gasteiger partial charge < -0.3 is 5.73 Å². The average Bonchev–Trinajstić information content (AvgIpc) is 2.46. The zero-order valence-corrected chi connectivity index (χ0v) is 15.3. The van der Waals surface area contributed by atoms with E-state index in [9.17, 15) is 0 Å². The van der Waals surface area contributed by atoms with Crippen LogP contribution in [0.1, 0.15) is 53.9 Å². The Morgan fingerprint density at radius 2 is 1.86 bits per heavy atom. The number of hydrogen-bond acceptors (Lipinski definition) is 1. The van der Waals surface area contributed by atoms with Gasteiger partial charge in [-0.05, 0) is 43.1 Å². The van der Waals surface area contributed by atoms with Gasteiger partial charge in [-0.15, -0.1) is 0 Å². The van der Waals surface area contributed by atoms with Gasteiger partial charge in [0.05, 0.1) is 0 Å². The second-order valence-corrected chi connectivity index (χ2v) is 7.10. The Balaban J connectivity index is 4.99. The quantitative estimate of drug-likeness (QED) is 0.522. The first kappa shape index (κ1) is 20.7. The molecule has 1 nitrogen and oxygen atoms in total. The van der Waals surface area contributed by atoms with Crippen molar-refractivity contribution in [1.29, 1.82) is 0 Å². The molecule has 0 saturated carbocycles. The Bertz CT molecular complexity index is 441. The smallest absolute Gasteiger partial charge is 0.0142 e. The van der Waals surface area contributed by atoms with Gasteiger partial charge >= 0.3 is 0 Å². The number of nitrogens with two attached hydrogens (primary N) is 1. The first-order chi connectivity index (χ1) is 10.3. The summed E-state index contributed by atoms with van der Waals surface area (Å²) in [6.07, 6.45) is 13.5. The van der Waals surface area contributed by atoms with Crippen molar-refractivity contribution in [3.63, 3.8) is 0 Å². The number of rotatable bonds is 9. The third-order valence-corrected chi connectivity index (χ3v) is 3.94. The predicted molar refractivity (Wildman–Crippen MR) is 102 cm³/mol. The van der Waals surface area contributed by atoms with Gasteiger partial charge in [-0.3, -0.25) is 0 Å². The molecule has 0 spiro atoms. The zero-order chi connectivity index (χ0) is 17.2. The standard InChI is InChI=1S/C21H35N/c1-8-10-11-20(21(5,6)7)19(16-22)15-14-18(4)13-12-17(3)9-2/h8-12,18H,1-2,13-16,22H2,3-7H3/b11-10-,17-12-,20-19+. The van der Waals surface area contributed by atoms with Crippen LogP contribution in [0, 0.1) is 11.3 Å². The van der Waals surface area contributed by atoms with E-state index in [1.807, 2.05) is 18.2 Å². The molecule has 1 heteroatoms. The maximum Gasteiger partial charge on any atom is 0.0142 e. The molecule has 0 rings (SSSR count). The summed E-state index contributed by atoms with van der Waals surface area (Å²) in [6, 6.07) is 0. The van der Waals surface area contributed by atoms with Gasteiger partial charge in [0, 0.05) is 6.54 Å². The number of hydrogen-bond donors (Lipinski definition) is 1. The minimum Gasteiger partial charge on any atom is -0.327 e. The van der Waals surface area contributed by atoms with Gasteiger partial charge in [-0.25, -0.2) is 0 Å². The van der Waals surface area contributed by atoms with Gasteiger partial charge in [0.2, 0.25) is 0 Å². The molecule has 124 valence electrons. The maximum atomic E-state index is 6.03. The molecule has 1 atom stereocenters. The lowest BCUT2D eigenvalue weighted by Gasteiger charge is -2.25. The van der Waals surface area contributed by atoms with Gasteiger partial charge in [0.1, 0.15) is 0 Å². The summed E-state index contributed by atoms with van der Waals surface area (Å²) in [5.41, 5.74) is 10.1. The third-order valence-electron chi connectivity index (χ3n) is 3.94. The summed E-state index contributed by atoms with van der Waals surface area (Å²) in [4.78, 5) is 0. The van der Waals surface area contributed by atoms with Crippen LogP contribution in [0.25, 0.3) is 0 Å². The molecule has 0 amide bonds. The molecule has 0 aromatic rings. The monoisotopic (exact) mass is 301 g/mol. The molecule has 0 fully saturated rings. The van der Waals surface area contributed by atoms with E-state index >= 15 is 0 Å². The van der Waals surface area contributed by atoms with Crippen molar-refractivity contribution in [2.45, 2.75) is 53.9 Å². The molecule has 0 aliphatic carbocycles. The Morgan fingerprint density at radius 1 is 1.23 bits per heavy atom. The SMILES string of the molecule is C=C/C=C\C(=C(/CN)CCC(C)C/C=C(/C)C=C)C(C)(C)C. The van der Waals surface area contributed by atoms with Crippen molar-refractivity contribution < 1.29 is 0 Å². The summed E-state index contributed by atoms with van der Waals surface area (Å²) >= 11 is 0. The van der Waals surface area contributed by atoms with E-state index in [4.69, 9.17) is 5.73 Å². The summed E-state index contributed by atoms with van der Waals surface area (Å²) in [5, 5.41) is 0. The number of allylic oxidation sites excluding steroid dienone is 7. The van der Waals surface area contributed by atoms with Crippen LogP contribution in [-0.4, -0.2) is 6.54 Å². The highest BCUT2D eigenvalue weighted by atomic mass is 14.5. The van der Waals surface area contributed by atoms with E-state index in [1.165, 1.54) is 16.7 Å². The van der Waals surface area contributed by atoms with Crippen LogP contribution >= 0.6 is 0 Å². The molecule has 0 saturated heterocycles. The van der Waals surface area contributed by atoms with Crippen molar-refractivity contribution >= 4 is 0 Å². The average molecular weight is 302 g/mol. The molecule has 0 bridgehead atoms. The lowest BCUT2D eigenvalue weighted by atomic mass is 9.81. The van der Waals surface area contributed by atoms with Crippen molar-refractivity contribution in [3.05, 3.63) is 60.3 Å². The van der Waals surface area contributed by atoms with Crippen molar-refractivity contribution in [2.75, 3.05) is 6.54 Å². The van der Waals surface area contributed by atoms with Crippen molar-refractivity contribution in [3.8, 4) is 0 Å². The summed E-state index contributed by atoms with van der Waals surface area (Å²) < 4.78 is 0. The molecule has 0 aromatic carbocycles. The molecule has 2 N–H and O–H groups in total. The van der Waals surface area contributed by atoms with Crippen LogP contribution in [0.5, 0.6) is 0 Å². The summed E-state index contributed by atoms with van der Waals surface area (Å²) in [6.45, 7) is 19.3. The molecule has 1 unspecified atom stereocenters. The minimum atomic E-state index is 0.108. The highest BCUT2D eigenvalue weighted by Crippen LogP contribution is 2.31. The fraction of sp³-hybridized carbons (Fsp3) is 0.524. The maximum absolute atomic E-state index is 6.03. The minimum absolute atomic E-state index is 0.108. The Kier molecular flexibility index (Phi) is 9.76. The molecule has 0 aliphatic rings. The second kappa shape index (κ2) is 10.4. The van der Waals surface area contributed by atoms with Gasteiger partial charge in [0.15, 0.2) is 0 Å². The molecular formula is C21H35N.